The zero-order chi connectivity index (χ0) is 10.8. The fraction of sp³-hybridized carbons (Fsp3) is 0.300. The van der Waals surface area contributed by atoms with Gasteiger partial charge in [0.1, 0.15) is 0 Å². The first-order valence-corrected chi connectivity index (χ1v) is 4.78. The number of aromatic amines is 1. The molecular weight excluding hydrogens is 194 g/mol. The molecule has 2 rings (SSSR count). The monoisotopic (exact) mass is 207 g/mol. The van der Waals surface area contributed by atoms with E-state index in [0.717, 1.165) is 5.69 Å². The average molecular weight is 207 g/mol. The maximum absolute atomic E-state index is 10.9. The lowest BCUT2D eigenvalue weighted by Crippen LogP contribution is -2.25. The van der Waals surface area contributed by atoms with Crippen LogP contribution in [0.5, 0.6) is 0 Å². The van der Waals surface area contributed by atoms with Crippen LogP contribution >= 0.6 is 0 Å². The Morgan fingerprint density at radius 1 is 1.60 bits per heavy atom. The molecule has 1 atom stereocenters. The number of hydrogen-bond acceptors (Lipinski definition) is 4. The van der Waals surface area contributed by atoms with Crippen molar-refractivity contribution in [2.45, 2.75) is 13.0 Å². The summed E-state index contributed by atoms with van der Waals surface area (Å²) in [6, 6.07) is 5.62. The van der Waals surface area contributed by atoms with E-state index in [0.29, 0.717) is 17.6 Å². The quantitative estimate of drug-likeness (QED) is 0.697. The van der Waals surface area contributed by atoms with Gasteiger partial charge >= 0.3 is 5.76 Å². The molecule has 0 aliphatic carbocycles. The molecule has 4 N–H and O–H groups in total. The van der Waals surface area contributed by atoms with E-state index in [1.165, 1.54) is 0 Å². The van der Waals surface area contributed by atoms with Crippen molar-refractivity contribution in [2.24, 2.45) is 5.73 Å². The predicted octanol–water partition coefficient (Wildman–Crippen LogP) is 0.880. The molecule has 0 bridgehead atoms. The fourth-order valence-electron chi connectivity index (χ4n) is 1.39. The minimum atomic E-state index is -0.436. The Hall–Kier alpha value is -1.75. The molecule has 2 aromatic rings. The summed E-state index contributed by atoms with van der Waals surface area (Å²) < 4.78 is 4.89. The summed E-state index contributed by atoms with van der Waals surface area (Å²) >= 11 is 0. The maximum atomic E-state index is 10.9. The Morgan fingerprint density at radius 2 is 2.40 bits per heavy atom. The van der Waals surface area contributed by atoms with Crippen molar-refractivity contribution >= 4 is 16.8 Å². The van der Waals surface area contributed by atoms with Crippen LogP contribution in [0, 0.1) is 0 Å². The van der Waals surface area contributed by atoms with Crippen LogP contribution < -0.4 is 16.8 Å². The maximum Gasteiger partial charge on any atom is 0.417 e. The zero-order valence-electron chi connectivity index (χ0n) is 8.41. The van der Waals surface area contributed by atoms with Crippen LogP contribution in [0.3, 0.4) is 0 Å². The van der Waals surface area contributed by atoms with Crippen LogP contribution in [0.4, 0.5) is 5.69 Å². The van der Waals surface area contributed by atoms with Crippen molar-refractivity contribution in [2.75, 3.05) is 11.9 Å². The minimum absolute atomic E-state index is 0.195. The van der Waals surface area contributed by atoms with E-state index in [1.54, 1.807) is 6.07 Å². The summed E-state index contributed by atoms with van der Waals surface area (Å²) in [5, 5.41) is 3.20. The number of nitrogens with two attached hydrogens (primary N) is 1. The third-order valence-electron chi connectivity index (χ3n) is 2.19. The van der Waals surface area contributed by atoms with Crippen molar-refractivity contribution in [3.05, 3.63) is 28.7 Å². The van der Waals surface area contributed by atoms with Crippen molar-refractivity contribution in [1.29, 1.82) is 0 Å². The molecule has 0 saturated carbocycles. The highest BCUT2D eigenvalue weighted by atomic mass is 16.4. The number of benzene rings is 1. The number of aromatic nitrogens is 1. The number of H-pyrrole nitrogens is 1. The minimum Gasteiger partial charge on any atom is -0.408 e. The van der Waals surface area contributed by atoms with Gasteiger partial charge in [-0.3, -0.25) is 4.98 Å². The number of oxazole rings is 1. The number of fused-ring (bicyclic) bond motifs is 1. The summed E-state index contributed by atoms with van der Waals surface area (Å²) in [5.74, 6) is -0.436. The molecule has 0 aliphatic heterocycles. The number of rotatable bonds is 3. The van der Waals surface area contributed by atoms with Gasteiger partial charge in [-0.2, -0.15) is 0 Å². The molecule has 1 aromatic carbocycles. The highest BCUT2D eigenvalue weighted by Gasteiger charge is 2.03. The Labute approximate surface area is 86.3 Å². The van der Waals surface area contributed by atoms with Gasteiger partial charge in [0.2, 0.25) is 0 Å². The SMILES string of the molecule is CC(CN)Nc1ccc2oc(=O)[nH]c2c1. The van der Waals surface area contributed by atoms with Gasteiger partial charge in [0.25, 0.3) is 0 Å². The van der Waals surface area contributed by atoms with E-state index in [-0.39, 0.29) is 6.04 Å². The van der Waals surface area contributed by atoms with Gasteiger partial charge in [0.15, 0.2) is 5.58 Å². The van der Waals surface area contributed by atoms with E-state index >= 15 is 0 Å². The molecule has 0 spiro atoms. The Morgan fingerprint density at radius 3 is 3.13 bits per heavy atom. The smallest absolute Gasteiger partial charge is 0.408 e. The summed E-state index contributed by atoms with van der Waals surface area (Å²) in [6.07, 6.45) is 0. The molecule has 5 nitrogen and oxygen atoms in total. The summed E-state index contributed by atoms with van der Waals surface area (Å²) in [7, 11) is 0. The Kier molecular flexibility index (Phi) is 2.47. The van der Waals surface area contributed by atoms with Gasteiger partial charge < -0.3 is 15.5 Å². The second-order valence-electron chi connectivity index (χ2n) is 3.51. The molecule has 0 saturated heterocycles. The number of nitrogens with one attached hydrogen (secondary N) is 2. The van der Waals surface area contributed by atoms with Gasteiger partial charge in [-0.05, 0) is 25.1 Å². The normalized spacial score (nSPS) is 12.9. The second-order valence-corrected chi connectivity index (χ2v) is 3.51. The molecule has 0 amide bonds. The molecular formula is C10H13N3O2. The average Bonchev–Trinajstić information content (AvgIpc) is 2.57. The van der Waals surface area contributed by atoms with Crippen LogP contribution in [0.25, 0.3) is 11.1 Å². The molecule has 0 radical (unpaired) electrons. The van der Waals surface area contributed by atoms with Crippen molar-refractivity contribution in [1.82, 2.24) is 4.98 Å². The van der Waals surface area contributed by atoms with E-state index in [2.05, 4.69) is 10.3 Å². The Balaban J connectivity index is 2.34. The van der Waals surface area contributed by atoms with Crippen LogP contribution in [-0.2, 0) is 0 Å². The van der Waals surface area contributed by atoms with Crippen molar-refractivity contribution in [3.63, 3.8) is 0 Å². The van der Waals surface area contributed by atoms with Crippen LogP contribution in [0.2, 0.25) is 0 Å². The second kappa shape index (κ2) is 3.78. The molecule has 0 aliphatic rings. The van der Waals surface area contributed by atoms with Gasteiger partial charge in [0.05, 0.1) is 5.52 Å². The van der Waals surface area contributed by atoms with Gasteiger partial charge in [-0.15, -0.1) is 0 Å². The molecule has 15 heavy (non-hydrogen) atoms. The van der Waals surface area contributed by atoms with Crippen LogP contribution in [-0.4, -0.2) is 17.6 Å². The van der Waals surface area contributed by atoms with E-state index in [9.17, 15) is 4.79 Å². The number of anilines is 1. The standard InChI is InChI=1S/C10H13N3O2/c1-6(5-11)12-7-2-3-9-8(4-7)13-10(14)15-9/h2-4,6,12H,5,11H2,1H3,(H,13,14). The van der Waals surface area contributed by atoms with E-state index in [1.807, 2.05) is 19.1 Å². The van der Waals surface area contributed by atoms with E-state index in [4.69, 9.17) is 10.2 Å². The highest BCUT2D eigenvalue weighted by molar-refractivity contribution is 5.76. The molecule has 5 heteroatoms. The van der Waals surface area contributed by atoms with Crippen molar-refractivity contribution in [3.8, 4) is 0 Å². The molecule has 1 aromatic heterocycles. The lowest BCUT2D eigenvalue weighted by Gasteiger charge is -2.12. The molecule has 1 unspecified atom stereocenters. The summed E-state index contributed by atoms with van der Waals surface area (Å²) in [6.45, 7) is 2.54. The summed E-state index contributed by atoms with van der Waals surface area (Å²) in [5.41, 5.74) is 7.66. The molecule has 1 heterocycles. The van der Waals surface area contributed by atoms with Crippen LogP contribution in [0.1, 0.15) is 6.92 Å². The van der Waals surface area contributed by atoms with Gasteiger partial charge in [0, 0.05) is 18.3 Å². The van der Waals surface area contributed by atoms with Crippen LogP contribution in [0.15, 0.2) is 27.4 Å². The number of hydrogen-bond donors (Lipinski definition) is 3. The topological polar surface area (TPSA) is 84.0 Å². The first-order chi connectivity index (χ1) is 7.19. The predicted molar refractivity (Wildman–Crippen MR) is 59.0 cm³/mol. The van der Waals surface area contributed by atoms with Gasteiger partial charge in [-0.25, -0.2) is 4.79 Å². The highest BCUT2D eigenvalue weighted by Crippen LogP contribution is 2.16. The lowest BCUT2D eigenvalue weighted by atomic mass is 10.2. The lowest BCUT2D eigenvalue weighted by molar-refractivity contribution is 0.555. The zero-order valence-corrected chi connectivity index (χ0v) is 8.41. The van der Waals surface area contributed by atoms with E-state index < -0.39 is 5.76 Å². The third kappa shape index (κ3) is 2.02. The third-order valence-corrected chi connectivity index (χ3v) is 2.19. The largest absolute Gasteiger partial charge is 0.417 e. The van der Waals surface area contributed by atoms with Crippen molar-refractivity contribution < 1.29 is 4.42 Å². The molecule has 80 valence electrons. The first kappa shape index (κ1) is 9.79. The fourth-order valence-corrected chi connectivity index (χ4v) is 1.39. The molecule has 0 fully saturated rings. The summed E-state index contributed by atoms with van der Waals surface area (Å²) in [4.78, 5) is 13.5. The van der Waals surface area contributed by atoms with Gasteiger partial charge in [-0.1, -0.05) is 0 Å². The Bertz CT molecular complexity index is 515. The first-order valence-electron chi connectivity index (χ1n) is 4.78.